The Morgan fingerprint density at radius 2 is 1.50 bits per heavy atom. The van der Waals surface area contributed by atoms with Gasteiger partial charge in [-0.2, -0.15) is 0 Å². The van der Waals surface area contributed by atoms with Gasteiger partial charge in [0.2, 0.25) is 0 Å². The molecule has 2 aromatic rings. The van der Waals surface area contributed by atoms with Gasteiger partial charge in [-0.15, -0.1) is 0 Å². The summed E-state index contributed by atoms with van der Waals surface area (Å²) in [6.07, 6.45) is -0.0776. The van der Waals surface area contributed by atoms with E-state index in [9.17, 15) is 24.9 Å². The fraction of sp³-hybridized carbons (Fsp3) is 0.417. The highest BCUT2D eigenvalue weighted by atomic mass is 16.5. The van der Waals surface area contributed by atoms with E-state index in [2.05, 4.69) is 13.8 Å². The number of nitrogens with zero attached hydrogens (tertiary/aromatic N) is 2. The van der Waals surface area contributed by atoms with Gasteiger partial charge in [-0.05, 0) is 43.0 Å². The Labute approximate surface area is 187 Å². The number of hydrogen-bond acceptors (Lipinski definition) is 6. The molecule has 172 valence electrons. The molecule has 0 aliphatic carbocycles. The summed E-state index contributed by atoms with van der Waals surface area (Å²) in [4.78, 5) is 29.1. The summed E-state index contributed by atoms with van der Waals surface area (Å²) >= 11 is 0. The Morgan fingerprint density at radius 3 is 2.16 bits per heavy atom. The number of carbonyl (C=O) groups excluding carboxylic acids is 2. The van der Waals surface area contributed by atoms with Crippen LogP contribution in [0.15, 0.2) is 36.4 Å². The van der Waals surface area contributed by atoms with Crippen molar-refractivity contribution in [3.63, 3.8) is 0 Å². The van der Waals surface area contributed by atoms with Gasteiger partial charge in [0.15, 0.2) is 23.4 Å². The molecule has 8 nitrogen and oxygen atoms in total. The second-order valence-corrected chi connectivity index (χ2v) is 8.29. The summed E-state index contributed by atoms with van der Waals surface area (Å²) in [6, 6.07) is 9.92. The molecule has 0 aromatic heterocycles. The van der Waals surface area contributed by atoms with Gasteiger partial charge in [-0.3, -0.25) is 9.59 Å². The number of benzene rings is 2. The predicted octanol–water partition coefficient (Wildman–Crippen LogP) is 3.07. The van der Waals surface area contributed by atoms with Gasteiger partial charge < -0.3 is 29.9 Å². The molecular weight excluding hydrogens is 412 g/mol. The average molecular weight is 443 g/mol. The molecular formula is C24H30N2O6. The molecule has 0 bridgehead atoms. The summed E-state index contributed by atoms with van der Waals surface area (Å²) < 4.78 is 5.99. The molecule has 1 fully saturated rings. The normalized spacial score (nSPS) is 15.4. The molecule has 1 atom stereocenters. The molecule has 3 N–H and O–H groups in total. The minimum absolute atomic E-state index is 0.0690. The van der Waals surface area contributed by atoms with Crippen LogP contribution in [0.5, 0.6) is 23.0 Å². The Morgan fingerprint density at radius 1 is 0.906 bits per heavy atom. The predicted molar refractivity (Wildman–Crippen MR) is 119 cm³/mol. The third-order valence-electron chi connectivity index (χ3n) is 5.60. The number of hydrogen-bond donors (Lipinski definition) is 3. The van der Waals surface area contributed by atoms with Crippen LogP contribution >= 0.6 is 0 Å². The zero-order chi connectivity index (χ0) is 23.4. The fourth-order valence-electron chi connectivity index (χ4n) is 3.81. The number of rotatable bonds is 5. The van der Waals surface area contributed by atoms with E-state index in [4.69, 9.17) is 4.74 Å². The molecule has 1 aliphatic rings. The summed E-state index contributed by atoms with van der Waals surface area (Å²) in [5.41, 5.74) is 1.11. The maximum atomic E-state index is 13.0. The van der Waals surface area contributed by atoms with Gasteiger partial charge in [0.1, 0.15) is 5.75 Å². The maximum Gasteiger partial charge on any atom is 0.263 e. The van der Waals surface area contributed by atoms with Gasteiger partial charge in [0, 0.05) is 31.7 Å². The molecule has 1 aliphatic heterocycles. The van der Waals surface area contributed by atoms with E-state index in [1.807, 2.05) is 24.3 Å². The lowest BCUT2D eigenvalue weighted by atomic mass is 10.0. The van der Waals surface area contributed by atoms with Crippen LogP contribution in [0.25, 0.3) is 0 Å². The Kier molecular flexibility index (Phi) is 7.12. The number of amides is 2. The quantitative estimate of drug-likeness (QED) is 0.614. The zero-order valence-corrected chi connectivity index (χ0v) is 18.6. The van der Waals surface area contributed by atoms with E-state index in [0.29, 0.717) is 38.3 Å². The smallest absolute Gasteiger partial charge is 0.263 e. The van der Waals surface area contributed by atoms with Gasteiger partial charge in [-0.25, -0.2) is 0 Å². The second-order valence-electron chi connectivity index (χ2n) is 8.29. The van der Waals surface area contributed by atoms with E-state index in [0.717, 1.165) is 17.7 Å². The van der Waals surface area contributed by atoms with Crippen LogP contribution in [-0.2, 0) is 4.79 Å². The molecule has 0 spiro atoms. The minimum atomic E-state index is -0.665. The highest BCUT2D eigenvalue weighted by Crippen LogP contribution is 2.35. The largest absolute Gasteiger partial charge is 0.504 e. The van der Waals surface area contributed by atoms with E-state index >= 15 is 0 Å². The first kappa shape index (κ1) is 23.2. The lowest BCUT2D eigenvalue weighted by Crippen LogP contribution is -2.43. The topological polar surface area (TPSA) is 111 Å². The number of ether oxygens (including phenoxy) is 1. The van der Waals surface area contributed by atoms with Crippen molar-refractivity contribution in [1.29, 1.82) is 0 Å². The summed E-state index contributed by atoms with van der Waals surface area (Å²) in [6.45, 7) is 7.45. The average Bonchev–Trinajstić information content (AvgIpc) is 3.02. The third-order valence-corrected chi connectivity index (χ3v) is 5.60. The summed E-state index contributed by atoms with van der Waals surface area (Å²) in [7, 11) is 0. The third kappa shape index (κ3) is 5.07. The Balaban J connectivity index is 1.64. The molecule has 1 heterocycles. The maximum absolute atomic E-state index is 13.0. The van der Waals surface area contributed by atoms with Crippen molar-refractivity contribution in [2.45, 2.75) is 39.2 Å². The van der Waals surface area contributed by atoms with Crippen LogP contribution in [-0.4, -0.2) is 69.2 Å². The van der Waals surface area contributed by atoms with Crippen LogP contribution in [0, 0.1) is 0 Å². The van der Waals surface area contributed by atoms with Crippen molar-refractivity contribution >= 4 is 11.8 Å². The standard InChI is InChI=1S/C24H30N2O6/c1-15(2)18-7-4-5-8-21(18)32-16(3)23(30)25-9-6-10-26(12-11-25)24(31)17-13-19(27)22(29)20(28)14-17/h4-5,7-8,13-16,27-29H,6,9-12H2,1-3H3. The van der Waals surface area contributed by atoms with Crippen molar-refractivity contribution in [3.05, 3.63) is 47.5 Å². The molecule has 1 unspecified atom stereocenters. The van der Waals surface area contributed by atoms with Crippen LogP contribution < -0.4 is 4.74 Å². The Bertz CT molecular complexity index is 967. The Hall–Kier alpha value is -3.42. The number of aromatic hydroxyl groups is 3. The van der Waals surface area contributed by atoms with Crippen molar-refractivity contribution in [2.75, 3.05) is 26.2 Å². The van der Waals surface area contributed by atoms with Crippen LogP contribution in [0.3, 0.4) is 0 Å². The van der Waals surface area contributed by atoms with E-state index in [1.165, 1.54) is 0 Å². The number of para-hydroxylation sites is 1. The summed E-state index contributed by atoms with van der Waals surface area (Å²) in [5, 5.41) is 28.9. The fourth-order valence-corrected chi connectivity index (χ4v) is 3.81. The molecule has 3 rings (SSSR count). The van der Waals surface area contributed by atoms with Crippen molar-refractivity contribution in [2.24, 2.45) is 0 Å². The van der Waals surface area contributed by atoms with Gasteiger partial charge >= 0.3 is 0 Å². The van der Waals surface area contributed by atoms with E-state index < -0.39 is 23.4 Å². The lowest BCUT2D eigenvalue weighted by Gasteiger charge is -2.26. The molecule has 2 amide bonds. The monoisotopic (exact) mass is 442 g/mol. The molecule has 2 aromatic carbocycles. The first-order valence-corrected chi connectivity index (χ1v) is 10.8. The molecule has 1 saturated heterocycles. The van der Waals surface area contributed by atoms with Crippen molar-refractivity contribution in [1.82, 2.24) is 9.80 Å². The number of phenolic OH excluding ortho intramolecular Hbond substituents is 3. The van der Waals surface area contributed by atoms with E-state index in [-0.39, 0.29) is 23.3 Å². The molecule has 32 heavy (non-hydrogen) atoms. The highest BCUT2D eigenvalue weighted by Gasteiger charge is 2.27. The first-order chi connectivity index (χ1) is 15.2. The van der Waals surface area contributed by atoms with Gasteiger partial charge in [0.05, 0.1) is 0 Å². The summed E-state index contributed by atoms with van der Waals surface area (Å²) in [5.74, 6) is -1.35. The first-order valence-electron chi connectivity index (χ1n) is 10.8. The van der Waals surface area contributed by atoms with Crippen LogP contribution in [0.2, 0.25) is 0 Å². The van der Waals surface area contributed by atoms with Crippen molar-refractivity contribution < 1.29 is 29.6 Å². The number of carbonyl (C=O) groups is 2. The highest BCUT2D eigenvalue weighted by molar-refractivity contribution is 5.95. The zero-order valence-electron chi connectivity index (χ0n) is 18.6. The van der Waals surface area contributed by atoms with Gasteiger partial charge in [0.25, 0.3) is 11.8 Å². The second kappa shape index (κ2) is 9.80. The van der Waals surface area contributed by atoms with Crippen LogP contribution in [0.4, 0.5) is 0 Å². The van der Waals surface area contributed by atoms with E-state index in [1.54, 1.807) is 16.7 Å². The van der Waals surface area contributed by atoms with Crippen LogP contribution in [0.1, 0.15) is 49.0 Å². The minimum Gasteiger partial charge on any atom is -0.504 e. The SMILES string of the molecule is CC(Oc1ccccc1C(C)C)C(=O)N1CCCN(C(=O)c2cc(O)c(O)c(O)c2)CC1. The molecule has 8 heteroatoms. The van der Waals surface area contributed by atoms with Crippen molar-refractivity contribution in [3.8, 4) is 23.0 Å². The number of phenols is 3. The lowest BCUT2D eigenvalue weighted by molar-refractivity contribution is -0.137. The molecule has 0 saturated carbocycles. The molecule has 0 radical (unpaired) electrons. The van der Waals surface area contributed by atoms with Gasteiger partial charge in [-0.1, -0.05) is 32.0 Å².